The number of rotatable bonds is 1. The zero-order valence-corrected chi connectivity index (χ0v) is 12.1. The van der Waals surface area contributed by atoms with Gasteiger partial charge in [-0.2, -0.15) is 0 Å². The molecule has 21 heavy (non-hydrogen) atoms. The molecule has 1 amide bonds. The van der Waals surface area contributed by atoms with E-state index in [2.05, 4.69) is 11.8 Å². The number of ether oxygens (including phenoxy) is 1. The van der Waals surface area contributed by atoms with Gasteiger partial charge in [0.15, 0.2) is 0 Å². The van der Waals surface area contributed by atoms with Gasteiger partial charge in [0.2, 0.25) is 0 Å². The van der Waals surface area contributed by atoms with Gasteiger partial charge in [0.25, 0.3) is 5.91 Å². The second-order valence-electron chi connectivity index (χ2n) is 5.68. The third kappa shape index (κ3) is 2.94. The molecule has 2 aliphatic rings. The summed E-state index contributed by atoms with van der Waals surface area (Å²) in [7, 11) is 0. The Hall–Kier alpha value is -1.83. The third-order valence-electron chi connectivity index (χ3n) is 4.04. The number of aliphatic hydroxyl groups excluding tert-OH is 1. The van der Waals surface area contributed by atoms with Gasteiger partial charge in [0.1, 0.15) is 6.61 Å². The molecule has 0 aliphatic carbocycles. The summed E-state index contributed by atoms with van der Waals surface area (Å²) < 4.78 is 5.77. The fourth-order valence-corrected chi connectivity index (χ4v) is 3.03. The van der Waals surface area contributed by atoms with E-state index in [1.54, 1.807) is 0 Å². The summed E-state index contributed by atoms with van der Waals surface area (Å²) >= 11 is 0. The molecule has 110 valence electrons. The normalized spacial score (nSPS) is 23.6. The molecule has 0 saturated carbocycles. The first-order chi connectivity index (χ1) is 10.2. The highest BCUT2D eigenvalue weighted by molar-refractivity contribution is 5.97. The summed E-state index contributed by atoms with van der Waals surface area (Å²) in [5.41, 5.74) is 2.35. The maximum atomic E-state index is 12.8. The second kappa shape index (κ2) is 5.88. The molecule has 2 atom stereocenters. The quantitative estimate of drug-likeness (QED) is 0.792. The Morgan fingerprint density at radius 2 is 2.10 bits per heavy atom. The van der Waals surface area contributed by atoms with Gasteiger partial charge in [-0.15, -0.1) is 0 Å². The Labute approximate surface area is 124 Å². The van der Waals surface area contributed by atoms with E-state index in [0.717, 1.165) is 18.4 Å². The summed E-state index contributed by atoms with van der Waals surface area (Å²) in [6.07, 6.45) is 2.45. The number of fused-ring (bicyclic) bond motifs is 2. The summed E-state index contributed by atoms with van der Waals surface area (Å²) in [5.74, 6) is 5.52. The van der Waals surface area contributed by atoms with Crippen LogP contribution in [-0.4, -0.2) is 47.8 Å². The van der Waals surface area contributed by atoms with Crippen molar-refractivity contribution < 1.29 is 14.6 Å². The fraction of sp³-hybridized carbons (Fsp3) is 0.471. The smallest absolute Gasteiger partial charge is 0.255 e. The van der Waals surface area contributed by atoms with E-state index in [1.165, 1.54) is 0 Å². The Kier molecular flexibility index (Phi) is 3.96. The molecule has 4 nitrogen and oxygen atoms in total. The van der Waals surface area contributed by atoms with Crippen molar-refractivity contribution in [2.45, 2.75) is 32.0 Å². The summed E-state index contributed by atoms with van der Waals surface area (Å²) in [5, 5.41) is 8.87. The molecule has 4 heteroatoms. The average molecular weight is 285 g/mol. The van der Waals surface area contributed by atoms with Crippen molar-refractivity contribution in [1.82, 2.24) is 4.90 Å². The molecule has 0 aromatic heterocycles. The predicted octanol–water partition coefficient (Wildman–Crippen LogP) is 1.34. The molecule has 1 N–H and O–H groups in total. The van der Waals surface area contributed by atoms with E-state index in [-0.39, 0.29) is 24.7 Å². The van der Waals surface area contributed by atoms with E-state index in [1.807, 2.05) is 30.0 Å². The first-order valence-corrected chi connectivity index (χ1v) is 7.32. The van der Waals surface area contributed by atoms with Crippen LogP contribution in [0.2, 0.25) is 0 Å². The molecule has 2 heterocycles. The lowest BCUT2D eigenvalue weighted by Gasteiger charge is -2.32. The Morgan fingerprint density at radius 1 is 1.38 bits per heavy atom. The molecule has 2 aliphatic heterocycles. The Morgan fingerprint density at radius 3 is 2.76 bits per heavy atom. The number of nitrogens with zero attached hydrogens (tertiary/aromatic N) is 1. The monoisotopic (exact) mass is 285 g/mol. The first kappa shape index (κ1) is 14.1. The van der Waals surface area contributed by atoms with Crippen LogP contribution in [0.1, 0.15) is 34.3 Å². The van der Waals surface area contributed by atoms with Crippen molar-refractivity contribution in [2.24, 2.45) is 0 Å². The first-order valence-electron chi connectivity index (χ1n) is 7.32. The van der Waals surface area contributed by atoms with Crippen molar-refractivity contribution in [1.29, 1.82) is 0 Å². The summed E-state index contributed by atoms with van der Waals surface area (Å²) in [6, 6.07) is 5.65. The number of aryl methyl sites for hydroxylation is 1. The van der Waals surface area contributed by atoms with Crippen LogP contribution < -0.4 is 0 Å². The van der Waals surface area contributed by atoms with Crippen molar-refractivity contribution in [3.05, 3.63) is 34.9 Å². The van der Waals surface area contributed by atoms with E-state index >= 15 is 0 Å². The van der Waals surface area contributed by atoms with Crippen molar-refractivity contribution in [3.8, 4) is 11.8 Å². The van der Waals surface area contributed by atoms with Crippen molar-refractivity contribution >= 4 is 5.91 Å². The van der Waals surface area contributed by atoms with Crippen molar-refractivity contribution in [2.75, 3.05) is 19.7 Å². The minimum atomic E-state index is -0.205. The summed E-state index contributed by atoms with van der Waals surface area (Å²) in [4.78, 5) is 14.6. The highest BCUT2D eigenvalue weighted by atomic mass is 16.5. The van der Waals surface area contributed by atoms with Gasteiger partial charge in [-0.1, -0.05) is 17.9 Å². The van der Waals surface area contributed by atoms with Crippen LogP contribution in [-0.2, 0) is 4.74 Å². The minimum Gasteiger partial charge on any atom is -0.384 e. The largest absolute Gasteiger partial charge is 0.384 e. The van der Waals surface area contributed by atoms with Gasteiger partial charge in [0.05, 0.1) is 17.8 Å². The molecule has 2 unspecified atom stereocenters. The highest BCUT2D eigenvalue weighted by Crippen LogP contribution is 2.27. The molecule has 1 aromatic rings. The van der Waals surface area contributed by atoms with E-state index in [9.17, 15) is 4.79 Å². The summed E-state index contributed by atoms with van der Waals surface area (Å²) in [6.45, 7) is 3.09. The van der Waals surface area contributed by atoms with Gasteiger partial charge in [-0.25, -0.2) is 0 Å². The average Bonchev–Trinajstić information content (AvgIpc) is 2.83. The fourth-order valence-electron chi connectivity index (χ4n) is 3.03. The van der Waals surface area contributed by atoms with Crippen LogP contribution in [0.5, 0.6) is 0 Å². The van der Waals surface area contributed by atoms with E-state index in [0.29, 0.717) is 24.2 Å². The van der Waals surface area contributed by atoms with Crippen LogP contribution in [0.4, 0.5) is 0 Å². The third-order valence-corrected chi connectivity index (χ3v) is 4.04. The van der Waals surface area contributed by atoms with Crippen LogP contribution in [0.3, 0.4) is 0 Å². The number of carbonyl (C=O) groups is 1. The molecule has 0 spiro atoms. The number of benzene rings is 1. The van der Waals surface area contributed by atoms with Gasteiger partial charge in [0, 0.05) is 18.7 Å². The molecule has 0 radical (unpaired) electrons. The number of hydrogen-bond acceptors (Lipinski definition) is 3. The molecular weight excluding hydrogens is 266 g/mol. The lowest BCUT2D eigenvalue weighted by atomic mass is 10.0. The van der Waals surface area contributed by atoms with Crippen LogP contribution in [0.15, 0.2) is 18.2 Å². The molecule has 1 aromatic carbocycles. The maximum absolute atomic E-state index is 12.8. The Bertz CT molecular complexity index is 602. The van der Waals surface area contributed by atoms with Gasteiger partial charge >= 0.3 is 0 Å². The van der Waals surface area contributed by atoms with Crippen LogP contribution in [0.25, 0.3) is 0 Å². The minimum absolute atomic E-state index is 0.0115. The lowest BCUT2D eigenvalue weighted by molar-refractivity contribution is -0.0303. The van der Waals surface area contributed by atoms with Crippen LogP contribution in [0, 0.1) is 18.8 Å². The Balaban J connectivity index is 1.87. The molecule has 3 rings (SSSR count). The predicted molar refractivity (Wildman–Crippen MR) is 78.9 cm³/mol. The molecule has 2 saturated heterocycles. The topological polar surface area (TPSA) is 49.8 Å². The number of aliphatic hydroxyl groups is 1. The SMILES string of the molecule is Cc1ccc(C(=O)N2CC3CCC(C2)O3)c(C#CCO)c1. The zero-order chi connectivity index (χ0) is 14.8. The molecule has 2 fully saturated rings. The van der Waals surface area contributed by atoms with Crippen molar-refractivity contribution in [3.63, 3.8) is 0 Å². The molecule has 2 bridgehead atoms. The number of amides is 1. The van der Waals surface area contributed by atoms with Gasteiger partial charge in [-0.05, 0) is 37.5 Å². The van der Waals surface area contributed by atoms with Gasteiger partial charge in [-0.3, -0.25) is 4.79 Å². The number of likely N-dealkylation sites (tertiary alicyclic amines) is 1. The van der Waals surface area contributed by atoms with Crippen LogP contribution >= 0.6 is 0 Å². The number of morpholine rings is 1. The van der Waals surface area contributed by atoms with E-state index < -0.39 is 0 Å². The van der Waals surface area contributed by atoms with Gasteiger partial charge < -0.3 is 14.7 Å². The zero-order valence-electron chi connectivity index (χ0n) is 12.1. The number of carbonyl (C=O) groups excluding carboxylic acids is 1. The maximum Gasteiger partial charge on any atom is 0.255 e. The van der Waals surface area contributed by atoms with E-state index in [4.69, 9.17) is 9.84 Å². The standard InChI is InChI=1S/C17H19NO3/c1-12-4-7-16(13(9-12)3-2-8-19)17(20)18-10-14-5-6-15(11-18)21-14/h4,7,9,14-15,19H,5-6,8,10-11H2,1H3. The highest BCUT2D eigenvalue weighted by Gasteiger charge is 2.36. The lowest BCUT2D eigenvalue weighted by Crippen LogP contribution is -2.46. The molecular formula is C17H19NO3. The number of hydrogen-bond donors (Lipinski definition) is 1. The second-order valence-corrected chi connectivity index (χ2v) is 5.68.